The Kier molecular flexibility index (Phi) is 34.3. The first kappa shape index (κ1) is 93.8. The number of nitrogens with one attached hydrogen (secondary N) is 6. The summed E-state index contributed by atoms with van der Waals surface area (Å²) in [5.41, 5.74) is -1.50. The molecule has 4 aliphatic heterocycles. The van der Waals surface area contributed by atoms with Crippen LogP contribution < -0.4 is 41.4 Å². The summed E-state index contributed by atoms with van der Waals surface area (Å²) in [4.78, 5) is 105. The highest BCUT2D eigenvalue weighted by Gasteiger charge is 2.68. The number of carbonyl (C=O) groups is 8. The first-order valence-electron chi connectivity index (χ1n) is 37.2. The van der Waals surface area contributed by atoms with Gasteiger partial charge in [0, 0.05) is 66.5 Å². The van der Waals surface area contributed by atoms with Crippen LogP contribution >= 0.6 is 58.0 Å². The number of benzene rings is 6. The zero-order valence-electron chi connectivity index (χ0n) is 66.6. The van der Waals surface area contributed by atoms with Crippen molar-refractivity contribution in [2.24, 2.45) is 10.8 Å². The van der Waals surface area contributed by atoms with E-state index in [4.69, 9.17) is 110 Å². The number of ether oxygens (including phenoxy) is 13. The molecule has 2 saturated heterocycles. The van der Waals surface area contributed by atoms with Gasteiger partial charge in [-0.15, -0.1) is 0 Å². The fraction of sp³-hybridized carbons (Fsp3) is 0.463. The van der Waals surface area contributed by atoms with Gasteiger partial charge in [0.15, 0.2) is 5.56 Å². The Morgan fingerprint density at radius 2 is 0.889 bits per heavy atom. The molecule has 0 aliphatic carbocycles. The number of carbonyl (C=O) groups excluding carboxylic acids is 7. The monoisotopic (exact) mass is 1730 g/mol. The molecule has 28 nitrogen and oxygen atoms in total. The van der Waals surface area contributed by atoms with Crippen molar-refractivity contribution in [3.63, 3.8) is 0 Å². The molecule has 2 unspecified atom stereocenters. The summed E-state index contributed by atoms with van der Waals surface area (Å²) >= 11 is 30.6. The van der Waals surface area contributed by atoms with E-state index in [-0.39, 0.29) is 91.7 Å². The minimum absolute atomic E-state index is 0.0136. The molecular formula is C82H97Cl5F2N6O22. The van der Waals surface area contributed by atoms with Crippen molar-refractivity contribution < 1.29 is 114 Å². The maximum absolute atomic E-state index is 16.2. The minimum Gasteiger partial charge on any atom is -0.495 e. The zero-order valence-corrected chi connectivity index (χ0v) is 70.4. The van der Waals surface area contributed by atoms with E-state index >= 15 is 8.78 Å². The molecule has 2 spiro atoms. The number of anilines is 4. The van der Waals surface area contributed by atoms with Crippen molar-refractivity contribution in [2.75, 3.05) is 129 Å². The molecule has 10 rings (SSSR count). The first-order valence-corrected chi connectivity index (χ1v) is 39.1. The molecule has 6 aromatic carbocycles. The van der Waals surface area contributed by atoms with Gasteiger partial charge in [0.25, 0.3) is 0 Å². The number of esters is 1. The second kappa shape index (κ2) is 42.8. The van der Waals surface area contributed by atoms with Crippen LogP contribution in [0.3, 0.4) is 0 Å². The molecule has 7 N–H and O–H groups in total. The van der Waals surface area contributed by atoms with Crippen molar-refractivity contribution >= 4 is 129 Å². The Morgan fingerprint density at radius 1 is 0.504 bits per heavy atom. The van der Waals surface area contributed by atoms with Gasteiger partial charge < -0.3 is 98.6 Å². The molecule has 117 heavy (non-hydrogen) atoms. The molecule has 4 aliphatic rings. The predicted molar refractivity (Wildman–Crippen MR) is 434 cm³/mol. The van der Waals surface area contributed by atoms with Crippen molar-refractivity contribution in [1.29, 1.82) is 0 Å². The number of carboxylic acids is 1. The van der Waals surface area contributed by atoms with Gasteiger partial charge in [0.2, 0.25) is 29.9 Å². The van der Waals surface area contributed by atoms with Gasteiger partial charge in [-0.05, 0) is 126 Å². The molecule has 0 radical (unpaired) electrons. The molecular weight excluding hydrogens is 1640 g/mol. The topological polar surface area (TPSA) is 349 Å². The highest BCUT2D eigenvalue weighted by molar-refractivity contribution is 6.32. The minimum atomic E-state index is -1.46. The standard InChI is InChI=1S/C41H48Cl2FN3O11.C31H30Cl2FN3O5.C10H19ClO6/c1-23(58-39(51)56-19-18-55-17-16-54-15-14-52-5)57-37(49)24-10-13-29(31(20-24)53-6)45-36(48)35-33(26-8-7-9-28(43)34(26)44)41(32(47-35)22-40(2,3)4)27-12-11-25(42)21-30(27)46-38(41)50;1-30(2,3)14-23-31(18-10-9-16(32)13-21(18)36-29(31)41)24(17-6-5-7-19(33)25(17)34)26(37-23)27(38)35-20-11-8-15(28(39)40)12-22(20)42-4;1-9(11)17-10(12)16-8-7-15-6-5-14-4-3-13-2/h7-13,20-21,23,32-33,35,47H,14-19,22H2,1-6H3,(H,45,48)(H,46,50);5-13,23-24,26,37H,14H2,1-4H3,(H,35,38)(H,36,41)(H,39,40);9H,3-8H2,1-2H3/t23?,32-,33-,35+,41+;23-,24-,26+,31+;/m00./s1. The van der Waals surface area contributed by atoms with E-state index in [0.29, 0.717) is 105 Å². The molecule has 10 atom stereocenters. The van der Waals surface area contributed by atoms with Gasteiger partial charge in [-0.3, -0.25) is 19.2 Å². The molecule has 6 aromatic rings. The summed E-state index contributed by atoms with van der Waals surface area (Å²) in [6.45, 7) is 19.0. The number of aromatic carboxylic acids is 1. The van der Waals surface area contributed by atoms with Crippen LogP contribution in [0.1, 0.15) is 123 Å². The third-order valence-corrected chi connectivity index (χ3v) is 20.3. The lowest BCUT2D eigenvalue weighted by Gasteiger charge is -2.37. The van der Waals surface area contributed by atoms with Gasteiger partial charge in [-0.2, -0.15) is 0 Å². The number of carboxylic acid groups (broad SMARTS) is 1. The zero-order chi connectivity index (χ0) is 85.7. The van der Waals surface area contributed by atoms with E-state index in [0.717, 1.165) is 0 Å². The van der Waals surface area contributed by atoms with Gasteiger partial charge >= 0.3 is 24.2 Å². The summed E-state index contributed by atoms with van der Waals surface area (Å²) < 4.78 is 98.0. The van der Waals surface area contributed by atoms with Crippen molar-refractivity contribution in [2.45, 2.75) is 127 Å². The van der Waals surface area contributed by atoms with Gasteiger partial charge in [0.1, 0.15) is 47.2 Å². The maximum atomic E-state index is 16.2. The van der Waals surface area contributed by atoms with E-state index in [1.54, 1.807) is 68.8 Å². The number of amides is 4. The SMILES string of the molecule is COCCOCCOCCOC(=O)OC(C)Cl.COCCOCCOCCOC(=O)OC(C)OC(=O)c1ccc(NC(=O)[C@@H]2N[C@@H](CC(C)(C)C)[C@@]3(C(=O)Nc4cc(Cl)ccc43)[C@H]2c2cccc(Cl)c2F)c(OC)c1.COc1cc(C(=O)O)ccc1NC(=O)[C@@H]1N[C@@H](CC(C)(C)C)[C@@]2(C(=O)Nc3cc(Cl)ccc32)[C@H]1c1cccc(Cl)c1F. The lowest BCUT2D eigenvalue weighted by Crippen LogP contribution is -2.49. The van der Waals surface area contributed by atoms with Crippen LogP contribution in [-0.4, -0.2) is 197 Å². The van der Waals surface area contributed by atoms with Gasteiger partial charge in [-0.25, -0.2) is 28.0 Å². The summed E-state index contributed by atoms with van der Waals surface area (Å²) in [5, 5.41) is 28.3. The molecule has 0 saturated carbocycles. The molecule has 4 amide bonds. The van der Waals surface area contributed by atoms with E-state index < -0.39 is 112 Å². The van der Waals surface area contributed by atoms with Crippen LogP contribution in [0.4, 0.5) is 41.1 Å². The molecule has 636 valence electrons. The number of alkyl halides is 1. The second-order valence-electron chi connectivity index (χ2n) is 29.7. The average molecular weight is 1730 g/mol. The molecule has 0 aromatic heterocycles. The summed E-state index contributed by atoms with van der Waals surface area (Å²) in [6.07, 6.45) is -2.30. The Labute approximate surface area is 701 Å². The lowest BCUT2D eigenvalue weighted by molar-refractivity contribution is -0.123. The molecule has 0 bridgehead atoms. The number of methoxy groups -OCH3 is 4. The Morgan fingerprint density at radius 3 is 1.27 bits per heavy atom. The number of fused-ring (bicyclic) bond motifs is 4. The van der Waals surface area contributed by atoms with Crippen molar-refractivity contribution in [3.05, 3.63) is 174 Å². The fourth-order valence-corrected chi connectivity index (χ4v) is 15.2. The van der Waals surface area contributed by atoms with E-state index in [1.807, 2.05) is 41.5 Å². The number of hydrogen-bond donors (Lipinski definition) is 7. The van der Waals surface area contributed by atoms with E-state index in [1.165, 1.54) is 82.7 Å². The summed E-state index contributed by atoms with van der Waals surface area (Å²) in [6, 6.07) is 23.8. The normalized spacial score (nSPS) is 20.1. The van der Waals surface area contributed by atoms with Crippen LogP contribution in [0.5, 0.6) is 11.5 Å². The number of halogens is 7. The second-order valence-corrected chi connectivity index (χ2v) is 32.0. The smallest absolute Gasteiger partial charge is 0.495 e. The lowest BCUT2D eigenvalue weighted by atomic mass is 9.62. The third-order valence-electron chi connectivity index (χ3n) is 19.1. The van der Waals surface area contributed by atoms with Crippen LogP contribution in [0.2, 0.25) is 20.1 Å². The third kappa shape index (κ3) is 23.8. The average Bonchev–Trinajstić information content (AvgIpc) is 1.54. The van der Waals surface area contributed by atoms with E-state index in [9.17, 15) is 43.5 Å². The van der Waals surface area contributed by atoms with Crippen LogP contribution in [0.25, 0.3) is 0 Å². The van der Waals surface area contributed by atoms with Crippen LogP contribution in [0.15, 0.2) is 109 Å². The Bertz CT molecular complexity index is 4500. The number of hydrogen-bond acceptors (Lipinski definition) is 23. The van der Waals surface area contributed by atoms with Gasteiger partial charge in [-0.1, -0.05) is 136 Å². The molecule has 4 heterocycles. The number of rotatable bonds is 33. The first-order chi connectivity index (χ1) is 55.5. The van der Waals surface area contributed by atoms with Crippen LogP contribution in [-0.2, 0) is 82.1 Å². The molecule has 35 heteroatoms. The van der Waals surface area contributed by atoms with Crippen LogP contribution in [0, 0.1) is 22.5 Å². The Hall–Kier alpha value is -8.73. The van der Waals surface area contributed by atoms with Gasteiger partial charge in [0.05, 0.1) is 125 Å². The maximum Gasteiger partial charge on any atom is 0.511 e. The van der Waals surface area contributed by atoms with E-state index in [2.05, 4.69) is 41.4 Å². The van der Waals surface area contributed by atoms with Crippen molar-refractivity contribution in [1.82, 2.24) is 10.6 Å². The highest BCUT2D eigenvalue weighted by Crippen LogP contribution is 2.59. The summed E-state index contributed by atoms with van der Waals surface area (Å²) in [5.74, 6) is -7.37. The molecule has 2 fully saturated rings. The predicted octanol–water partition coefficient (Wildman–Crippen LogP) is 14.5. The largest absolute Gasteiger partial charge is 0.511 e. The van der Waals surface area contributed by atoms with Crippen molar-refractivity contribution in [3.8, 4) is 11.5 Å². The highest BCUT2D eigenvalue weighted by atomic mass is 35.5. The fourth-order valence-electron chi connectivity index (χ4n) is 14.4. The quantitative estimate of drug-likeness (QED) is 0.00661. The Balaban J connectivity index is 0.000000251. The summed E-state index contributed by atoms with van der Waals surface area (Å²) in [7, 11) is 5.88.